The molecule has 1 fully saturated rings. The molecular formula is C12H17N3O2. The van der Waals surface area contributed by atoms with Crippen molar-refractivity contribution >= 4 is 6.03 Å². The van der Waals surface area contributed by atoms with Crippen LogP contribution in [0, 0.1) is 0 Å². The van der Waals surface area contributed by atoms with Crippen molar-refractivity contribution in [2.24, 2.45) is 0 Å². The minimum Gasteiger partial charge on any atom is -0.379 e. The minimum absolute atomic E-state index is 0.0275. The summed E-state index contributed by atoms with van der Waals surface area (Å²) in [6.07, 6.45) is 4.32. The Bertz CT molecular complexity index is 363. The van der Waals surface area contributed by atoms with Crippen LogP contribution in [0.5, 0.6) is 0 Å². The lowest BCUT2D eigenvalue weighted by atomic mass is 10.1. The maximum Gasteiger partial charge on any atom is 0.315 e. The lowest BCUT2D eigenvalue weighted by Gasteiger charge is -2.17. The second-order valence-electron chi connectivity index (χ2n) is 4.18. The molecule has 92 valence electrons. The van der Waals surface area contributed by atoms with Crippen LogP contribution in [0.3, 0.4) is 0 Å². The van der Waals surface area contributed by atoms with Crippen molar-refractivity contribution in [3.05, 3.63) is 30.1 Å². The van der Waals surface area contributed by atoms with Crippen molar-refractivity contribution in [2.45, 2.75) is 25.4 Å². The van der Waals surface area contributed by atoms with Crippen molar-refractivity contribution in [3.8, 4) is 0 Å². The highest BCUT2D eigenvalue weighted by atomic mass is 16.5. The van der Waals surface area contributed by atoms with Gasteiger partial charge in [-0.1, -0.05) is 0 Å². The van der Waals surface area contributed by atoms with Crippen LogP contribution in [0.4, 0.5) is 4.79 Å². The predicted molar refractivity (Wildman–Crippen MR) is 63.5 cm³/mol. The summed E-state index contributed by atoms with van der Waals surface area (Å²) in [6, 6.07) is 3.75. The molecule has 2 unspecified atom stereocenters. The van der Waals surface area contributed by atoms with Gasteiger partial charge < -0.3 is 15.4 Å². The number of amides is 2. The van der Waals surface area contributed by atoms with E-state index in [0.29, 0.717) is 6.61 Å². The van der Waals surface area contributed by atoms with Gasteiger partial charge in [0.05, 0.1) is 18.7 Å². The van der Waals surface area contributed by atoms with Gasteiger partial charge in [0.25, 0.3) is 0 Å². The van der Waals surface area contributed by atoms with Gasteiger partial charge in [0.15, 0.2) is 0 Å². The Hall–Kier alpha value is -1.62. The number of nitrogens with one attached hydrogen (secondary N) is 2. The van der Waals surface area contributed by atoms with E-state index in [0.717, 1.165) is 18.6 Å². The first-order valence-electron chi connectivity index (χ1n) is 5.80. The van der Waals surface area contributed by atoms with Crippen LogP contribution in [0.2, 0.25) is 0 Å². The van der Waals surface area contributed by atoms with E-state index in [1.54, 1.807) is 12.4 Å². The highest BCUT2D eigenvalue weighted by molar-refractivity contribution is 5.74. The monoisotopic (exact) mass is 235 g/mol. The molecule has 0 aliphatic carbocycles. The van der Waals surface area contributed by atoms with Crippen LogP contribution in [-0.4, -0.2) is 30.3 Å². The molecule has 0 bridgehead atoms. The Morgan fingerprint density at radius 3 is 2.94 bits per heavy atom. The number of nitrogens with zero attached hydrogens (tertiary/aromatic N) is 1. The first kappa shape index (κ1) is 11.9. The second-order valence-corrected chi connectivity index (χ2v) is 4.18. The maximum absolute atomic E-state index is 11.7. The molecule has 17 heavy (non-hydrogen) atoms. The molecule has 1 aromatic heterocycles. The van der Waals surface area contributed by atoms with E-state index in [9.17, 15) is 4.79 Å². The number of carbonyl (C=O) groups excluding carboxylic acids is 1. The summed E-state index contributed by atoms with van der Waals surface area (Å²) < 4.78 is 5.20. The lowest BCUT2D eigenvalue weighted by Crippen LogP contribution is -2.43. The van der Waals surface area contributed by atoms with E-state index in [1.807, 2.05) is 19.1 Å². The number of aromatic nitrogens is 1. The van der Waals surface area contributed by atoms with E-state index < -0.39 is 0 Å². The van der Waals surface area contributed by atoms with Gasteiger partial charge in [0.2, 0.25) is 0 Å². The molecule has 1 aliphatic heterocycles. The van der Waals surface area contributed by atoms with Gasteiger partial charge in [-0.15, -0.1) is 0 Å². The van der Waals surface area contributed by atoms with Crippen molar-refractivity contribution in [1.82, 2.24) is 15.6 Å². The van der Waals surface area contributed by atoms with E-state index >= 15 is 0 Å². The van der Waals surface area contributed by atoms with Crippen molar-refractivity contribution in [3.63, 3.8) is 0 Å². The summed E-state index contributed by atoms with van der Waals surface area (Å²) in [6.45, 7) is 3.28. The van der Waals surface area contributed by atoms with E-state index in [1.165, 1.54) is 0 Å². The van der Waals surface area contributed by atoms with Gasteiger partial charge in [-0.3, -0.25) is 4.98 Å². The average Bonchev–Trinajstić information content (AvgIpc) is 2.82. The summed E-state index contributed by atoms with van der Waals surface area (Å²) in [5.41, 5.74) is 1.04. The van der Waals surface area contributed by atoms with Crippen LogP contribution >= 0.6 is 0 Å². The fourth-order valence-electron chi connectivity index (χ4n) is 1.81. The van der Waals surface area contributed by atoms with Crippen LogP contribution in [-0.2, 0) is 4.74 Å². The average molecular weight is 235 g/mol. The molecular weight excluding hydrogens is 218 g/mol. The Balaban J connectivity index is 1.81. The molecule has 2 rings (SSSR count). The van der Waals surface area contributed by atoms with Gasteiger partial charge in [0.1, 0.15) is 0 Å². The summed E-state index contributed by atoms with van der Waals surface area (Å²) in [5, 5.41) is 5.78. The first-order valence-corrected chi connectivity index (χ1v) is 5.80. The number of urea groups is 1. The molecule has 0 spiro atoms. The Labute approximate surface area is 101 Å². The fraction of sp³-hybridized carbons (Fsp3) is 0.500. The largest absolute Gasteiger partial charge is 0.379 e. The molecule has 0 saturated carbocycles. The number of hydrogen-bond acceptors (Lipinski definition) is 3. The Kier molecular flexibility index (Phi) is 3.93. The molecule has 5 heteroatoms. The third kappa shape index (κ3) is 3.42. The lowest BCUT2D eigenvalue weighted by molar-refractivity contribution is 0.188. The summed E-state index contributed by atoms with van der Waals surface area (Å²) in [5.74, 6) is 0. The Morgan fingerprint density at radius 1 is 1.53 bits per heavy atom. The molecule has 2 heterocycles. The third-order valence-corrected chi connectivity index (χ3v) is 2.82. The number of rotatable bonds is 3. The second kappa shape index (κ2) is 5.63. The van der Waals surface area contributed by atoms with Gasteiger partial charge in [-0.05, 0) is 31.0 Å². The molecule has 2 N–H and O–H groups in total. The molecule has 2 amide bonds. The van der Waals surface area contributed by atoms with E-state index in [4.69, 9.17) is 4.74 Å². The highest BCUT2D eigenvalue weighted by Crippen LogP contribution is 2.10. The topological polar surface area (TPSA) is 63.2 Å². The normalized spacial score (nSPS) is 20.9. The summed E-state index contributed by atoms with van der Waals surface area (Å²) in [7, 11) is 0. The third-order valence-electron chi connectivity index (χ3n) is 2.82. The quantitative estimate of drug-likeness (QED) is 0.828. The van der Waals surface area contributed by atoms with Crippen molar-refractivity contribution in [2.75, 3.05) is 13.2 Å². The predicted octanol–water partition coefficient (Wildman–Crippen LogP) is 1.23. The molecule has 2 atom stereocenters. The van der Waals surface area contributed by atoms with Crippen LogP contribution in [0.25, 0.3) is 0 Å². The number of pyridine rings is 1. The van der Waals surface area contributed by atoms with Crippen molar-refractivity contribution < 1.29 is 9.53 Å². The molecule has 5 nitrogen and oxygen atoms in total. The fourth-order valence-corrected chi connectivity index (χ4v) is 1.81. The van der Waals surface area contributed by atoms with Gasteiger partial charge in [-0.2, -0.15) is 0 Å². The molecule has 1 aromatic rings. The number of carbonyl (C=O) groups is 1. The van der Waals surface area contributed by atoms with Crippen molar-refractivity contribution in [1.29, 1.82) is 0 Å². The molecule has 0 radical (unpaired) electrons. The van der Waals surface area contributed by atoms with Crippen LogP contribution in [0.1, 0.15) is 24.9 Å². The Morgan fingerprint density at radius 2 is 2.29 bits per heavy atom. The molecule has 1 saturated heterocycles. The zero-order valence-corrected chi connectivity index (χ0v) is 9.85. The van der Waals surface area contributed by atoms with Gasteiger partial charge >= 0.3 is 6.03 Å². The maximum atomic E-state index is 11.7. The standard InChI is InChI=1S/C12H17N3O2/c1-9(10-2-5-13-6-3-10)14-12(16)15-11-4-7-17-8-11/h2-3,5-6,9,11H,4,7-8H2,1H3,(H2,14,15,16). The van der Waals surface area contributed by atoms with Gasteiger partial charge in [-0.25, -0.2) is 4.79 Å². The van der Waals surface area contributed by atoms with Crippen LogP contribution < -0.4 is 10.6 Å². The zero-order chi connectivity index (χ0) is 12.1. The SMILES string of the molecule is CC(NC(=O)NC1CCOC1)c1ccncc1. The van der Waals surface area contributed by atoms with Crippen LogP contribution in [0.15, 0.2) is 24.5 Å². The molecule has 0 aromatic carbocycles. The van der Waals surface area contributed by atoms with Gasteiger partial charge in [0, 0.05) is 19.0 Å². The highest BCUT2D eigenvalue weighted by Gasteiger charge is 2.18. The smallest absolute Gasteiger partial charge is 0.315 e. The molecule has 1 aliphatic rings. The first-order chi connectivity index (χ1) is 8.25. The zero-order valence-electron chi connectivity index (χ0n) is 9.85. The van der Waals surface area contributed by atoms with E-state index in [2.05, 4.69) is 15.6 Å². The van der Waals surface area contributed by atoms with E-state index in [-0.39, 0.29) is 18.1 Å². The number of ether oxygens (including phenoxy) is 1. The number of hydrogen-bond donors (Lipinski definition) is 2. The minimum atomic E-state index is -0.148. The summed E-state index contributed by atoms with van der Waals surface area (Å²) >= 11 is 0. The summed E-state index contributed by atoms with van der Waals surface area (Å²) in [4.78, 5) is 15.6.